The quantitative estimate of drug-likeness (QED) is 0.901. The van der Waals surface area contributed by atoms with Crippen molar-refractivity contribution in [2.45, 2.75) is 39.0 Å². The smallest absolute Gasteiger partial charge is 0.226 e. The van der Waals surface area contributed by atoms with Crippen LogP contribution in [0.2, 0.25) is 0 Å². The van der Waals surface area contributed by atoms with Gasteiger partial charge in [-0.25, -0.2) is 9.97 Å². The summed E-state index contributed by atoms with van der Waals surface area (Å²) in [5.41, 5.74) is 2.86. The number of aromatic nitrogens is 2. The van der Waals surface area contributed by atoms with Gasteiger partial charge in [-0.3, -0.25) is 4.79 Å². The monoisotopic (exact) mass is 276 g/mol. The highest BCUT2D eigenvalue weighted by atomic mass is 16.2. The molecule has 0 saturated carbocycles. The molecule has 0 unspecified atom stereocenters. The summed E-state index contributed by atoms with van der Waals surface area (Å²) in [6.07, 6.45) is 2.57. The average Bonchev–Trinajstić information content (AvgIpc) is 2.43. The summed E-state index contributed by atoms with van der Waals surface area (Å²) in [5, 5.41) is 3.36. The van der Waals surface area contributed by atoms with Gasteiger partial charge in [0, 0.05) is 37.0 Å². The molecule has 2 rings (SSSR count). The number of nitrogens with one attached hydrogen (secondary N) is 1. The standard InChI is InChI=1S/C15H24N4O/c1-10-13(9-14(20)19(3)4)11(2)18-15(17-10)12-5-7-16-8-6-12/h12,16H,5-9H2,1-4H3. The number of amides is 1. The van der Waals surface area contributed by atoms with Gasteiger partial charge in [-0.05, 0) is 39.8 Å². The number of hydrogen-bond donors (Lipinski definition) is 1. The van der Waals surface area contributed by atoms with Gasteiger partial charge in [0.25, 0.3) is 0 Å². The van der Waals surface area contributed by atoms with Gasteiger partial charge in [-0.2, -0.15) is 0 Å². The normalized spacial score (nSPS) is 16.2. The zero-order valence-electron chi connectivity index (χ0n) is 12.9. The highest BCUT2D eigenvalue weighted by Gasteiger charge is 2.20. The van der Waals surface area contributed by atoms with Gasteiger partial charge < -0.3 is 10.2 Å². The summed E-state index contributed by atoms with van der Waals surface area (Å²) in [4.78, 5) is 22.8. The summed E-state index contributed by atoms with van der Waals surface area (Å²) in [6.45, 7) is 6.04. The molecule has 5 heteroatoms. The van der Waals surface area contributed by atoms with E-state index < -0.39 is 0 Å². The molecule has 1 saturated heterocycles. The van der Waals surface area contributed by atoms with E-state index in [-0.39, 0.29) is 5.91 Å². The molecule has 1 fully saturated rings. The lowest BCUT2D eigenvalue weighted by Crippen LogP contribution is -2.28. The van der Waals surface area contributed by atoms with Crippen molar-refractivity contribution in [2.24, 2.45) is 0 Å². The minimum absolute atomic E-state index is 0.0921. The van der Waals surface area contributed by atoms with Crippen LogP contribution in [0, 0.1) is 13.8 Å². The lowest BCUT2D eigenvalue weighted by molar-refractivity contribution is -0.128. The predicted molar refractivity (Wildman–Crippen MR) is 78.7 cm³/mol. The molecule has 0 aliphatic carbocycles. The van der Waals surface area contributed by atoms with Gasteiger partial charge >= 0.3 is 0 Å². The highest BCUT2D eigenvalue weighted by Crippen LogP contribution is 2.24. The molecule has 0 radical (unpaired) electrons. The van der Waals surface area contributed by atoms with E-state index in [9.17, 15) is 4.79 Å². The highest BCUT2D eigenvalue weighted by molar-refractivity contribution is 5.78. The summed E-state index contributed by atoms with van der Waals surface area (Å²) in [6, 6.07) is 0. The van der Waals surface area contributed by atoms with Crippen LogP contribution in [0.3, 0.4) is 0 Å². The molecule has 20 heavy (non-hydrogen) atoms. The number of hydrogen-bond acceptors (Lipinski definition) is 4. The summed E-state index contributed by atoms with van der Waals surface area (Å²) >= 11 is 0. The van der Waals surface area contributed by atoms with E-state index in [1.807, 2.05) is 13.8 Å². The van der Waals surface area contributed by atoms with Gasteiger partial charge in [0.05, 0.1) is 6.42 Å². The van der Waals surface area contributed by atoms with Crippen LogP contribution in [-0.4, -0.2) is 48.0 Å². The zero-order valence-corrected chi connectivity index (χ0v) is 12.9. The first kappa shape index (κ1) is 14.9. The van der Waals surface area contributed by atoms with Gasteiger partial charge in [0.2, 0.25) is 5.91 Å². The molecule has 1 N–H and O–H groups in total. The van der Waals surface area contributed by atoms with Crippen LogP contribution in [0.15, 0.2) is 0 Å². The van der Waals surface area contributed by atoms with Gasteiger partial charge in [0.15, 0.2) is 0 Å². The van der Waals surface area contributed by atoms with Crippen LogP contribution in [0.5, 0.6) is 0 Å². The van der Waals surface area contributed by atoms with E-state index in [2.05, 4.69) is 15.3 Å². The van der Waals surface area contributed by atoms with E-state index in [1.54, 1.807) is 19.0 Å². The van der Waals surface area contributed by atoms with Crippen LogP contribution >= 0.6 is 0 Å². The molecule has 0 bridgehead atoms. The van der Waals surface area contributed by atoms with Crippen LogP contribution in [0.4, 0.5) is 0 Å². The fraction of sp³-hybridized carbons (Fsp3) is 0.667. The van der Waals surface area contributed by atoms with Gasteiger partial charge in [-0.1, -0.05) is 0 Å². The largest absolute Gasteiger partial charge is 0.349 e. The number of carbonyl (C=O) groups excluding carboxylic acids is 1. The maximum Gasteiger partial charge on any atom is 0.226 e. The molecule has 1 amide bonds. The molecule has 2 heterocycles. The number of likely N-dealkylation sites (N-methyl/N-ethyl adjacent to an activating group) is 1. The van der Waals surface area contributed by atoms with E-state index in [0.717, 1.165) is 48.7 Å². The minimum atomic E-state index is 0.0921. The lowest BCUT2D eigenvalue weighted by atomic mass is 9.96. The van der Waals surface area contributed by atoms with E-state index in [4.69, 9.17) is 0 Å². The number of carbonyl (C=O) groups is 1. The fourth-order valence-electron chi connectivity index (χ4n) is 2.59. The first-order valence-corrected chi connectivity index (χ1v) is 7.24. The number of nitrogens with zero attached hydrogens (tertiary/aromatic N) is 3. The Morgan fingerprint density at radius 3 is 2.25 bits per heavy atom. The molecule has 1 aliphatic heterocycles. The Kier molecular flexibility index (Phi) is 4.70. The van der Waals surface area contributed by atoms with E-state index in [0.29, 0.717) is 12.3 Å². The molecule has 1 aromatic heterocycles. The first-order chi connectivity index (χ1) is 9.49. The minimum Gasteiger partial charge on any atom is -0.349 e. The van der Waals surface area contributed by atoms with Crippen molar-refractivity contribution in [3.8, 4) is 0 Å². The maximum absolute atomic E-state index is 11.9. The third-order valence-electron chi connectivity index (χ3n) is 3.97. The van der Waals surface area contributed by atoms with Crippen LogP contribution in [-0.2, 0) is 11.2 Å². The third-order valence-corrected chi connectivity index (χ3v) is 3.97. The number of piperidine rings is 1. The molecule has 1 aliphatic rings. The lowest BCUT2D eigenvalue weighted by Gasteiger charge is -2.22. The first-order valence-electron chi connectivity index (χ1n) is 7.24. The predicted octanol–water partition coefficient (Wildman–Crippen LogP) is 1.19. The topological polar surface area (TPSA) is 58.1 Å². The van der Waals surface area contributed by atoms with Crippen molar-refractivity contribution in [1.29, 1.82) is 0 Å². The Bertz CT molecular complexity index is 470. The molecule has 0 spiro atoms. The Hall–Kier alpha value is -1.49. The molecule has 0 aromatic carbocycles. The van der Waals surface area contributed by atoms with Crippen molar-refractivity contribution in [2.75, 3.05) is 27.2 Å². The van der Waals surface area contributed by atoms with Gasteiger partial charge in [0.1, 0.15) is 5.82 Å². The second-order valence-corrected chi connectivity index (χ2v) is 5.72. The van der Waals surface area contributed by atoms with Crippen LogP contribution < -0.4 is 5.32 Å². The summed E-state index contributed by atoms with van der Waals surface area (Å²) < 4.78 is 0. The number of rotatable bonds is 3. The second kappa shape index (κ2) is 6.31. The SMILES string of the molecule is Cc1nc(C2CCNCC2)nc(C)c1CC(=O)N(C)C. The Morgan fingerprint density at radius 2 is 1.75 bits per heavy atom. The Morgan fingerprint density at radius 1 is 1.20 bits per heavy atom. The molecule has 1 aromatic rings. The molecule has 110 valence electrons. The summed E-state index contributed by atoms with van der Waals surface area (Å²) in [5.74, 6) is 1.49. The van der Waals surface area contributed by atoms with Crippen LogP contribution in [0.25, 0.3) is 0 Å². The van der Waals surface area contributed by atoms with Crippen molar-refractivity contribution in [1.82, 2.24) is 20.2 Å². The third kappa shape index (κ3) is 3.33. The van der Waals surface area contributed by atoms with Crippen molar-refractivity contribution in [3.05, 3.63) is 22.8 Å². The second-order valence-electron chi connectivity index (χ2n) is 5.72. The molecule has 0 atom stereocenters. The van der Waals surface area contributed by atoms with E-state index >= 15 is 0 Å². The maximum atomic E-state index is 11.9. The zero-order chi connectivity index (χ0) is 14.7. The van der Waals surface area contributed by atoms with Crippen molar-refractivity contribution < 1.29 is 4.79 Å². The fourth-order valence-corrected chi connectivity index (χ4v) is 2.59. The Balaban J connectivity index is 2.21. The molecule has 5 nitrogen and oxygen atoms in total. The van der Waals surface area contributed by atoms with Crippen LogP contribution in [0.1, 0.15) is 41.5 Å². The summed E-state index contributed by atoms with van der Waals surface area (Å²) in [7, 11) is 3.55. The van der Waals surface area contributed by atoms with Gasteiger partial charge in [-0.15, -0.1) is 0 Å². The molecular formula is C15H24N4O. The molecular weight excluding hydrogens is 252 g/mol. The van der Waals surface area contributed by atoms with E-state index in [1.165, 1.54) is 0 Å². The van der Waals surface area contributed by atoms with Crippen molar-refractivity contribution >= 4 is 5.91 Å². The average molecular weight is 276 g/mol. The van der Waals surface area contributed by atoms with Crippen molar-refractivity contribution in [3.63, 3.8) is 0 Å². The number of aryl methyl sites for hydroxylation is 2. The Labute approximate surface area is 120 Å².